The van der Waals surface area contributed by atoms with Crippen molar-refractivity contribution in [3.8, 4) is 11.6 Å². The highest BCUT2D eigenvalue weighted by Gasteiger charge is 2.24. The summed E-state index contributed by atoms with van der Waals surface area (Å²) in [7, 11) is 0. The van der Waals surface area contributed by atoms with Crippen LogP contribution in [-0.2, 0) is 4.79 Å². The number of nitrogens with one attached hydrogen (secondary N) is 1. The van der Waals surface area contributed by atoms with Gasteiger partial charge < -0.3 is 29.5 Å². The summed E-state index contributed by atoms with van der Waals surface area (Å²) in [6, 6.07) is 8.03. The molecule has 2 N–H and O–H groups in total. The van der Waals surface area contributed by atoms with Gasteiger partial charge >= 0.3 is 0 Å². The molecule has 3 aromatic rings. The first-order chi connectivity index (χ1) is 16.3. The van der Waals surface area contributed by atoms with Gasteiger partial charge in [0, 0.05) is 45.3 Å². The van der Waals surface area contributed by atoms with E-state index in [1.165, 1.54) is 0 Å². The van der Waals surface area contributed by atoms with E-state index < -0.39 is 0 Å². The highest BCUT2D eigenvalue weighted by Crippen LogP contribution is 2.35. The SMILES string of the molecule is CCOc1cccc([C@@H](C)Nc2nc(N3CCN(C(C)=O)CC3)nc3c(O)n(C(C)C)cc23)c1. The molecule has 1 fully saturated rings. The molecule has 9 heteroatoms. The van der Waals surface area contributed by atoms with Crippen molar-refractivity contribution in [2.75, 3.05) is 43.0 Å². The van der Waals surface area contributed by atoms with E-state index in [2.05, 4.69) is 23.2 Å². The third kappa shape index (κ3) is 4.73. The normalized spacial score (nSPS) is 15.1. The summed E-state index contributed by atoms with van der Waals surface area (Å²) >= 11 is 0. The number of nitrogens with zero attached hydrogens (tertiary/aromatic N) is 5. The van der Waals surface area contributed by atoms with Gasteiger partial charge in [-0.1, -0.05) is 12.1 Å². The maximum Gasteiger partial charge on any atom is 0.228 e. The molecule has 1 aliphatic heterocycles. The molecular formula is C25H34N6O3. The molecule has 1 aromatic carbocycles. The summed E-state index contributed by atoms with van der Waals surface area (Å²) in [5.74, 6) is 2.25. The van der Waals surface area contributed by atoms with Crippen LogP contribution in [0.25, 0.3) is 10.9 Å². The minimum absolute atomic E-state index is 0.0505. The molecule has 0 radical (unpaired) electrons. The predicted octanol–water partition coefficient (Wildman–Crippen LogP) is 3.96. The third-order valence-corrected chi connectivity index (χ3v) is 6.24. The number of anilines is 2. The number of benzene rings is 1. The Morgan fingerprint density at radius 2 is 1.91 bits per heavy atom. The third-order valence-electron chi connectivity index (χ3n) is 6.24. The Hall–Kier alpha value is -3.49. The highest BCUT2D eigenvalue weighted by molar-refractivity contribution is 5.94. The molecular weight excluding hydrogens is 432 g/mol. The Balaban J connectivity index is 1.70. The van der Waals surface area contributed by atoms with Crippen LogP contribution in [-0.4, -0.2) is 63.2 Å². The number of aromatic nitrogens is 3. The molecule has 3 heterocycles. The molecule has 0 saturated carbocycles. The first-order valence-corrected chi connectivity index (χ1v) is 11.9. The molecule has 1 aliphatic rings. The van der Waals surface area contributed by atoms with E-state index in [4.69, 9.17) is 14.7 Å². The highest BCUT2D eigenvalue weighted by atomic mass is 16.5. The topological polar surface area (TPSA) is 95.8 Å². The number of piperazine rings is 1. The van der Waals surface area contributed by atoms with Gasteiger partial charge in [0.15, 0.2) is 0 Å². The number of rotatable bonds is 7. The second-order valence-corrected chi connectivity index (χ2v) is 8.95. The molecule has 0 aliphatic carbocycles. The Morgan fingerprint density at radius 1 is 1.18 bits per heavy atom. The van der Waals surface area contributed by atoms with Crippen molar-refractivity contribution in [1.29, 1.82) is 0 Å². The van der Waals surface area contributed by atoms with Gasteiger partial charge in [0.1, 0.15) is 17.1 Å². The largest absolute Gasteiger partial charge is 0.494 e. The second kappa shape index (κ2) is 9.79. The van der Waals surface area contributed by atoms with Crippen LogP contribution >= 0.6 is 0 Å². The summed E-state index contributed by atoms with van der Waals surface area (Å²) in [4.78, 5) is 25.2. The fraction of sp³-hybridized carbons (Fsp3) is 0.480. The number of hydrogen-bond donors (Lipinski definition) is 2. The zero-order valence-corrected chi connectivity index (χ0v) is 20.6. The summed E-state index contributed by atoms with van der Waals surface area (Å²) in [5, 5.41) is 15.2. The van der Waals surface area contributed by atoms with Crippen LogP contribution in [0, 0.1) is 0 Å². The van der Waals surface area contributed by atoms with Gasteiger partial charge in [-0.3, -0.25) is 4.79 Å². The van der Waals surface area contributed by atoms with Crippen molar-refractivity contribution in [3.63, 3.8) is 0 Å². The summed E-state index contributed by atoms with van der Waals surface area (Å²) in [6.45, 7) is 12.8. The van der Waals surface area contributed by atoms with Gasteiger partial charge in [-0.25, -0.2) is 4.98 Å². The van der Waals surface area contributed by atoms with Crippen LogP contribution in [0.5, 0.6) is 11.6 Å². The predicted molar refractivity (Wildman–Crippen MR) is 134 cm³/mol. The van der Waals surface area contributed by atoms with Crippen molar-refractivity contribution in [1.82, 2.24) is 19.4 Å². The van der Waals surface area contributed by atoms with Crippen LogP contribution in [0.2, 0.25) is 0 Å². The van der Waals surface area contributed by atoms with Crippen LogP contribution in [0.4, 0.5) is 11.8 Å². The van der Waals surface area contributed by atoms with E-state index in [0.717, 1.165) is 16.7 Å². The smallest absolute Gasteiger partial charge is 0.228 e. The average molecular weight is 467 g/mol. The molecule has 0 bridgehead atoms. The number of carbonyl (C=O) groups is 1. The lowest BCUT2D eigenvalue weighted by molar-refractivity contribution is -0.129. The van der Waals surface area contributed by atoms with Gasteiger partial charge in [-0.05, 0) is 45.4 Å². The molecule has 0 unspecified atom stereocenters. The van der Waals surface area contributed by atoms with E-state index in [0.29, 0.717) is 50.1 Å². The molecule has 1 atom stereocenters. The summed E-state index contributed by atoms with van der Waals surface area (Å²) < 4.78 is 7.47. The Kier molecular flexibility index (Phi) is 6.81. The zero-order valence-electron chi connectivity index (χ0n) is 20.6. The minimum Gasteiger partial charge on any atom is -0.494 e. The molecule has 4 rings (SSSR count). The zero-order chi connectivity index (χ0) is 24.4. The van der Waals surface area contributed by atoms with Crippen molar-refractivity contribution in [2.24, 2.45) is 0 Å². The van der Waals surface area contributed by atoms with E-state index in [1.54, 1.807) is 6.92 Å². The van der Waals surface area contributed by atoms with E-state index in [1.807, 2.05) is 54.6 Å². The van der Waals surface area contributed by atoms with Crippen LogP contribution in [0.1, 0.15) is 52.3 Å². The summed E-state index contributed by atoms with van der Waals surface area (Å²) in [5.41, 5.74) is 1.59. The number of fused-ring (bicyclic) bond motifs is 1. The lowest BCUT2D eigenvalue weighted by Crippen LogP contribution is -2.48. The first-order valence-electron chi connectivity index (χ1n) is 11.9. The Morgan fingerprint density at radius 3 is 2.56 bits per heavy atom. The monoisotopic (exact) mass is 466 g/mol. The fourth-order valence-corrected chi connectivity index (χ4v) is 4.27. The lowest BCUT2D eigenvalue weighted by atomic mass is 10.1. The maximum absolute atomic E-state index is 11.7. The number of amides is 1. The van der Waals surface area contributed by atoms with Gasteiger partial charge in [0.05, 0.1) is 18.0 Å². The quantitative estimate of drug-likeness (QED) is 0.544. The van der Waals surface area contributed by atoms with Crippen molar-refractivity contribution >= 4 is 28.6 Å². The van der Waals surface area contributed by atoms with Gasteiger partial charge in [0.2, 0.25) is 17.7 Å². The molecule has 9 nitrogen and oxygen atoms in total. The lowest BCUT2D eigenvalue weighted by Gasteiger charge is -2.34. The van der Waals surface area contributed by atoms with Crippen LogP contribution in [0.3, 0.4) is 0 Å². The molecule has 34 heavy (non-hydrogen) atoms. The van der Waals surface area contributed by atoms with Gasteiger partial charge in [0.25, 0.3) is 0 Å². The van der Waals surface area contributed by atoms with Crippen molar-refractivity contribution < 1.29 is 14.6 Å². The maximum atomic E-state index is 11.7. The minimum atomic E-state index is -0.0505. The first kappa shape index (κ1) is 23.7. The van der Waals surface area contributed by atoms with Crippen molar-refractivity contribution in [3.05, 3.63) is 36.0 Å². The molecule has 1 saturated heterocycles. The molecule has 1 amide bonds. The molecule has 0 spiro atoms. The number of carbonyl (C=O) groups excluding carboxylic acids is 1. The Labute approximate surface area is 200 Å². The standard InChI is InChI=1S/C25H34N6O3/c1-6-34-20-9-7-8-19(14-20)17(4)26-23-21-15-31(16(2)3)24(33)22(21)27-25(28-23)30-12-10-29(11-13-30)18(5)32/h7-9,14-17,33H,6,10-13H2,1-5H3,(H,26,27,28)/t17-/m1/s1. The molecule has 182 valence electrons. The van der Waals surface area contributed by atoms with E-state index in [9.17, 15) is 9.90 Å². The summed E-state index contributed by atoms with van der Waals surface area (Å²) in [6.07, 6.45) is 1.90. The number of aromatic hydroxyl groups is 1. The molecule has 2 aromatic heterocycles. The fourth-order valence-electron chi connectivity index (χ4n) is 4.27. The number of ether oxygens (including phenoxy) is 1. The van der Waals surface area contributed by atoms with E-state index in [-0.39, 0.29) is 23.9 Å². The van der Waals surface area contributed by atoms with Gasteiger partial charge in [-0.15, -0.1) is 0 Å². The average Bonchev–Trinajstić information content (AvgIpc) is 3.16. The van der Waals surface area contributed by atoms with Crippen molar-refractivity contribution in [2.45, 2.75) is 46.7 Å². The van der Waals surface area contributed by atoms with Crippen LogP contribution < -0.4 is 15.0 Å². The van der Waals surface area contributed by atoms with Crippen LogP contribution in [0.15, 0.2) is 30.5 Å². The van der Waals surface area contributed by atoms with E-state index >= 15 is 0 Å². The number of hydrogen-bond acceptors (Lipinski definition) is 7. The van der Waals surface area contributed by atoms with Gasteiger partial charge in [-0.2, -0.15) is 4.98 Å². The second-order valence-electron chi connectivity index (χ2n) is 8.95. The Bertz CT molecular complexity index is 1170.